The molecule has 1 aliphatic carbocycles. The third-order valence-corrected chi connectivity index (χ3v) is 3.57. The van der Waals surface area contributed by atoms with E-state index in [1.54, 1.807) is 0 Å². The first-order chi connectivity index (χ1) is 9.63. The minimum Gasteiger partial charge on any atom is -0.475 e. The molecule has 0 atom stereocenters. The van der Waals surface area contributed by atoms with Crippen LogP contribution in [0.3, 0.4) is 0 Å². The lowest BCUT2D eigenvalue weighted by atomic mass is 10.1. The van der Waals surface area contributed by atoms with E-state index in [4.69, 9.17) is 9.52 Å². The minimum atomic E-state index is -1.01. The molecule has 1 N–H and O–H groups in total. The van der Waals surface area contributed by atoms with Crippen LogP contribution in [0.5, 0.6) is 0 Å². The van der Waals surface area contributed by atoms with E-state index in [0.717, 1.165) is 19.3 Å². The van der Waals surface area contributed by atoms with Crippen molar-refractivity contribution in [1.29, 1.82) is 0 Å². The van der Waals surface area contributed by atoms with Gasteiger partial charge in [-0.3, -0.25) is 0 Å². The van der Waals surface area contributed by atoms with Gasteiger partial charge in [0.15, 0.2) is 5.89 Å². The molecule has 0 aliphatic heterocycles. The maximum Gasteiger partial charge on any atom is 0.373 e. The zero-order valence-electron chi connectivity index (χ0n) is 11.4. The average molecular weight is 271 g/mol. The van der Waals surface area contributed by atoms with Gasteiger partial charge in [-0.2, -0.15) is 0 Å². The molecule has 1 fully saturated rings. The van der Waals surface area contributed by atoms with Crippen LogP contribution in [0, 0.1) is 6.92 Å². The number of hydrogen-bond acceptors (Lipinski definition) is 3. The van der Waals surface area contributed by atoms with Gasteiger partial charge in [-0.25, -0.2) is 9.78 Å². The summed E-state index contributed by atoms with van der Waals surface area (Å²) in [6, 6.07) is 8.28. The molecule has 1 aromatic heterocycles. The van der Waals surface area contributed by atoms with Crippen molar-refractivity contribution >= 4 is 5.97 Å². The molecule has 1 aliphatic rings. The molecule has 0 saturated heterocycles. The second kappa shape index (κ2) is 5.12. The normalized spacial score (nSPS) is 14.4. The highest BCUT2D eigenvalue weighted by molar-refractivity contribution is 5.85. The van der Waals surface area contributed by atoms with Gasteiger partial charge in [0.1, 0.15) is 0 Å². The number of oxazole rings is 1. The maximum atomic E-state index is 11.2. The largest absolute Gasteiger partial charge is 0.475 e. The summed E-state index contributed by atoms with van der Waals surface area (Å²) in [4.78, 5) is 15.5. The molecule has 4 nitrogen and oxygen atoms in total. The second-order valence-corrected chi connectivity index (χ2v) is 5.39. The first-order valence-corrected chi connectivity index (χ1v) is 6.92. The van der Waals surface area contributed by atoms with E-state index < -0.39 is 5.97 Å². The number of carbonyl (C=O) groups is 1. The van der Waals surface area contributed by atoms with E-state index in [2.05, 4.69) is 30.1 Å². The van der Waals surface area contributed by atoms with Crippen LogP contribution in [0.25, 0.3) is 0 Å². The summed E-state index contributed by atoms with van der Waals surface area (Å²) in [6.07, 6.45) is 3.48. The van der Waals surface area contributed by atoms with Crippen LogP contribution in [-0.2, 0) is 12.8 Å². The van der Waals surface area contributed by atoms with Gasteiger partial charge < -0.3 is 9.52 Å². The summed E-state index contributed by atoms with van der Waals surface area (Å²) >= 11 is 0. The highest BCUT2D eigenvalue weighted by Crippen LogP contribution is 2.41. The molecule has 0 unspecified atom stereocenters. The summed E-state index contributed by atoms with van der Waals surface area (Å²) < 4.78 is 5.42. The Balaban J connectivity index is 1.74. The van der Waals surface area contributed by atoms with Crippen molar-refractivity contribution < 1.29 is 14.3 Å². The number of hydrogen-bond donors (Lipinski definition) is 1. The number of aromatic carboxylic acids is 1. The molecule has 1 aromatic carbocycles. The molecule has 0 radical (unpaired) electrons. The standard InChI is InChI=1S/C16H17NO3/c1-10-3-2-4-11(9-10)5-8-13-17-14(12-6-7-12)15(20-13)16(18)19/h2-4,9,12H,5-8H2,1H3,(H,18,19). The number of aromatic nitrogens is 1. The molecule has 3 rings (SSSR count). The molecule has 4 heteroatoms. The van der Waals surface area contributed by atoms with Crippen LogP contribution in [0.15, 0.2) is 28.7 Å². The smallest absolute Gasteiger partial charge is 0.373 e. The number of nitrogens with zero attached hydrogens (tertiary/aromatic N) is 1. The molecule has 2 aromatic rings. The van der Waals surface area contributed by atoms with Crippen molar-refractivity contribution in [2.75, 3.05) is 0 Å². The molecule has 0 bridgehead atoms. The third-order valence-electron chi connectivity index (χ3n) is 3.57. The molecule has 104 valence electrons. The van der Waals surface area contributed by atoms with E-state index in [1.807, 2.05) is 6.07 Å². The Morgan fingerprint density at radius 2 is 2.20 bits per heavy atom. The van der Waals surface area contributed by atoms with Gasteiger partial charge in [0.05, 0.1) is 5.69 Å². The van der Waals surface area contributed by atoms with Crippen LogP contribution in [0.4, 0.5) is 0 Å². The van der Waals surface area contributed by atoms with Crippen LogP contribution in [0.2, 0.25) is 0 Å². The topological polar surface area (TPSA) is 63.3 Å². The fourth-order valence-electron chi connectivity index (χ4n) is 2.39. The lowest BCUT2D eigenvalue weighted by molar-refractivity contribution is 0.0658. The second-order valence-electron chi connectivity index (χ2n) is 5.39. The average Bonchev–Trinajstić information content (AvgIpc) is 3.16. The Labute approximate surface area is 117 Å². The number of carboxylic acid groups (broad SMARTS) is 1. The van der Waals surface area contributed by atoms with Crippen LogP contribution in [0.1, 0.15) is 52.0 Å². The fraction of sp³-hybridized carbons (Fsp3) is 0.375. The quantitative estimate of drug-likeness (QED) is 0.905. The zero-order chi connectivity index (χ0) is 14.1. The molecular weight excluding hydrogens is 254 g/mol. The summed E-state index contributed by atoms with van der Waals surface area (Å²) in [6.45, 7) is 2.06. The van der Waals surface area contributed by atoms with Gasteiger partial charge in [0.2, 0.25) is 5.76 Å². The fourth-order valence-corrected chi connectivity index (χ4v) is 2.39. The number of aryl methyl sites for hydroxylation is 3. The Bertz CT molecular complexity index is 641. The SMILES string of the molecule is Cc1cccc(CCc2nc(C3CC3)c(C(=O)O)o2)c1. The minimum absolute atomic E-state index is 0.0340. The van der Waals surface area contributed by atoms with Gasteiger partial charge in [-0.1, -0.05) is 29.8 Å². The van der Waals surface area contributed by atoms with Gasteiger partial charge >= 0.3 is 5.97 Å². The van der Waals surface area contributed by atoms with E-state index in [1.165, 1.54) is 11.1 Å². The zero-order valence-corrected chi connectivity index (χ0v) is 11.4. The van der Waals surface area contributed by atoms with Gasteiger partial charge in [-0.05, 0) is 31.7 Å². The summed E-state index contributed by atoms with van der Waals surface area (Å²) in [7, 11) is 0. The van der Waals surface area contributed by atoms with Gasteiger partial charge in [0, 0.05) is 12.3 Å². The molecule has 1 heterocycles. The van der Waals surface area contributed by atoms with E-state index >= 15 is 0 Å². The van der Waals surface area contributed by atoms with Crippen molar-refractivity contribution in [3.05, 3.63) is 52.7 Å². The van der Waals surface area contributed by atoms with Crippen molar-refractivity contribution in [3.63, 3.8) is 0 Å². The van der Waals surface area contributed by atoms with Gasteiger partial charge in [0.25, 0.3) is 0 Å². The number of benzene rings is 1. The van der Waals surface area contributed by atoms with Crippen LogP contribution < -0.4 is 0 Å². The first kappa shape index (κ1) is 12.9. The van der Waals surface area contributed by atoms with Crippen molar-refractivity contribution in [2.24, 2.45) is 0 Å². The Kier molecular flexibility index (Phi) is 3.30. The number of rotatable bonds is 5. The Morgan fingerprint density at radius 1 is 1.40 bits per heavy atom. The summed E-state index contributed by atoms with van der Waals surface area (Å²) in [5.74, 6) is -0.156. The van der Waals surface area contributed by atoms with Crippen molar-refractivity contribution in [1.82, 2.24) is 4.98 Å². The predicted octanol–water partition coefficient (Wildman–Crippen LogP) is 3.34. The Hall–Kier alpha value is -2.10. The van der Waals surface area contributed by atoms with E-state index in [0.29, 0.717) is 18.0 Å². The first-order valence-electron chi connectivity index (χ1n) is 6.92. The van der Waals surface area contributed by atoms with E-state index in [9.17, 15) is 4.79 Å². The Morgan fingerprint density at radius 3 is 2.85 bits per heavy atom. The highest BCUT2D eigenvalue weighted by Gasteiger charge is 2.33. The predicted molar refractivity (Wildman–Crippen MR) is 74.0 cm³/mol. The van der Waals surface area contributed by atoms with E-state index in [-0.39, 0.29) is 11.7 Å². The molecule has 1 saturated carbocycles. The summed E-state index contributed by atoms with van der Waals surface area (Å²) in [5, 5.41) is 9.14. The van der Waals surface area contributed by atoms with Crippen molar-refractivity contribution in [3.8, 4) is 0 Å². The third kappa shape index (κ3) is 2.74. The monoisotopic (exact) mass is 271 g/mol. The van der Waals surface area contributed by atoms with Crippen LogP contribution >= 0.6 is 0 Å². The van der Waals surface area contributed by atoms with Crippen molar-refractivity contribution in [2.45, 2.75) is 38.5 Å². The molecule has 0 spiro atoms. The molecule has 20 heavy (non-hydrogen) atoms. The van der Waals surface area contributed by atoms with Crippen LogP contribution in [-0.4, -0.2) is 16.1 Å². The molecule has 0 amide bonds. The number of carboxylic acids is 1. The molecular formula is C16H17NO3. The lowest BCUT2D eigenvalue weighted by Crippen LogP contribution is -1.98. The maximum absolute atomic E-state index is 11.2. The lowest BCUT2D eigenvalue weighted by Gasteiger charge is -2.00. The highest BCUT2D eigenvalue weighted by atomic mass is 16.4. The summed E-state index contributed by atoms with van der Waals surface area (Å²) in [5.41, 5.74) is 3.07. The van der Waals surface area contributed by atoms with Gasteiger partial charge in [-0.15, -0.1) is 0 Å².